The Kier molecular flexibility index (Phi) is 2.13. The van der Waals surface area contributed by atoms with Gasteiger partial charge in [-0.2, -0.15) is 0 Å². The Morgan fingerprint density at radius 3 is 3.00 bits per heavy atom. The zero-order valence-corrected chi connectivity index (χ0v) is 7.75. The van der Waals surface area contributed by atoms with Crippen LogP contribution in [-0.2, 0) is 4.74 Å². The predicted molar refractivity (Wildman–Crippen MR) is 47.0 cm³/mol. The highest BCUT2D eigenvalue weighted by molar-refractivity contribution is 5.09. The van der Waals surface area contributed by atoms with Crippen LogP contribution >= 0.6 is 0 Å². The van der Waals surface area contributed by atoms with Gasteiger partial charge in [0, 0.05) is 0 Å². The van der Waals surface area contributed by atoms with E-state index in [0.717, 1.165) is 19.3 Å². The van der Waals surface area contributed by atoms with Crippen LogP contribution in [0, 0.1) is 0 Å². The van der Waals surface area contributed by atoms with E-state index in [1.54, 1.807) is 0 Å². The molecule has 2 aliphatic rings. The highest BCUT2D eigenvalue weighted by atomic mass is 16.6. The van der Waals surface area contributed by atoms with Crippen LogP contribution in [-0.4, -0.2) is 22.9 Å². The largest absolute Gasteiger partial charge is 0.390 e. The van der Waals surface area contributed by atoms with Gasteiger partial charge in [-0.1, -0.05) is 19.8 Å². The standard InChI is InChI=1S/C10H18O2/c1-2-3-7-10-8(11)5-4-6-9(10)12-10/h8-9,11H,2-7H2,1H3/t8-,9+,10-/m0/s1. The minimum Gasteiger partial charge on any atom is -0.390 e. The number of rotatable bonds is 3. The molecule has 2 rings (SSSR count). The van der Waals surface area contributed by atoms with Crippen molar-refractivity contribution in [1.82, 2.24) is 0 Å². The third-order valence-corrected chi connectivity index (χ3v) is 3.28. The van der Waals surface area contributed by atoms with E-state index in [9.17, 15) is 5.11 Å². The summed E-state index contributed by atoms with van der Waals surface area (Å²) in [6.07, 6.45) is 6.92. The van der Waals surface area contributed by atoms with Gasteiger partial charge in [0.25, 0.3) is 0 Å². The molecule has 1 aliphatic heterocycles. The van der Waals surface area contributed by atoms with E-state index in [2.05, 4.69) is 6.92 Å². The predicted octanol–water partition coefficient (Wildman–Crippen LogP) is 1.86. The molecule has 1 saturated carbocycles. The molecule has 0 spiro atoms. The number of hydrogen-bond donors (Lipinski definition) is 1. The van der Waals surface area contributed by atoms with E-state index in [0.29, 0.717) is 6.10 Å². The van der Waals surface area contributed by atoms with Crippen molar-refractivity contribution in [2.45, 2.75) is 63.3 Å². The second-order valence-corrected chi connectivity index (χ2v) is 4.11. The van der Waals surface area contributed by atoms with E-state index in [1.807, 2.05) is 0 Å². The molecule has 0 radical (unpaired) electrons. The number of fused-ring (bicyclic) bond motifs is 1. The smallest absolute Gasteiger partial charge is 0.120 e. The lowest BCUT2D eigenvalue weighted by molar-refractivity contribution is 0.0580. The molecule has 0 amide bonds. The molecule has 0 unspecified atom stereocenters. The van der Waals surface area contributed by atoms with Gasteiger partial charge in [0.1, 0.15) is 5.60 Å². The van der Waals surface area contributed by atoms with Gasteiger partial charge in [-0.05, 0) is 25.7 Å². The zero-order valence-electron chi connectivity index (χ0n) is 7.75. The van der Waals surface area contributed by atoms with Crippen molar-refractivity contribution in [2.24, 2.45) is 0 Å². The summed E-state index contributed by atoms with van der Waals surface area (Å²) in [7, 11) is 0. The van der Waals surface area contributed by atoms with Crippen LogP contribution in [0.4, 0.5) is 0 Å². The van der Waals surface area contributed by atoms with Crippen molar-refractivity contribution in [3.8, 4) is 0 Å². The van der Waals surface area contributed by atoms with Crippen molar-refractivity contribution in [1.29, 1.82) is 0 Å². The first kappa shape index (κ1) is 8.52. The van der Waals surface area contributed by atoms with E-state index in [-0.39, 0.29) is 11.7 Å². The van der Waals surface area contributed by atoms with Crippen LogP contribution in [0.25, 0.3) is 0 Å². The second-order valence-electron chi connectivity index (χ2n) is 4.11. The second kappa shape index (κ2) is 3.00. The zero-order chi connectivity index (χ0) is 8.60. The van der Waals surface area contributed by atoms with Gasteiger partial charge in [-0.25, -0.2) is 0 Å². The van der Waals surface area contributed by atoms with Crippen molar-refractivity contribution in [2.75, 3.05) is 0 Å². The highest BCUT2D eigenvalue weighted by Gasteiger charge is 2.61. The number of epoxide rings is 1. The van der Waals surface area contributed by atoms with Crippen molar-refractivity contribution < 1.29 is 9.84 Å². The summed E-state index contributed by atoms with van der Waals surface area (Å²) in [5.74, 6) is 0. The first-order chi connectivity index (χ1) is 5.79. The molecule has 2 heteroatoms. The topological polar surface area (TPSA) is 32.8 Å². The molecule has 0 aromatic rings. The van der Waals surface area contributed by atoms with Gasteiger partial charge in [0.15, 0.2) is 0 Å². The number of aliphatic hydroxyl groups is 1. The molecule has 12 heavy (non-hydrogen) atoms. The third-order valence-electron chi connectivity index (χ3n) is 3.28. The maximum Gasteiger partial charge on any atom is 0.120 e. The molecule has 3 atom stereocenters. The Morgan fingerprint density at radius 1 is 1.50 bits per heavy atom. The molecule has 2 fully saturated rings. The fourth-order valence-electron chi connectivity index (χ4n) is 2.41. The summed E-state index contributed by atoms with van der Waals surface area (Å²) in [5.41, 5.74) is -0.0890. The minimum atomic E-state index is -0.178. The summed E-state index contributed by atoms with van der Waals surface area (Å²) in [6.45, 7) is 2.18. The van der Waals surface area contributed by atoms with E-state index >= 15 is 0 Å². The van der Waals surface area contributed by atoms with Gasteiger partial charge >= 0.3 is 0 Å². The molecule has 0 aromatic heterocycles. The first-order valence-corrected chi connectivity index (χ1v) is 5.15. The van der Waals surface area contributed by atoms with Gasteiger partial charge in [-0.3, -0.25) is 0 Å². The lowest BCUT2D eigenvalue weighted by atomic mass is 9.83. The van der Waals surface area contributed by atoms with Crippen LogP contribution < -0.4 is 0 Å². The molecular weight excluding hydrogens is 152 g/mol. The van der Waals surface area contributed by atoms with Crippen molar-refractivity contribution in [3.05, 3.63) is 0 Å². The third kappa shape index (κ3) is 1.17. The van der Waals surface area contributed by atoms with E-state index in [4.69, 9.17) is 4.74 Å². The number of hydrogen-bond acceptors (Lipinski definition) is 2. The van der Waals surface area contributed by atoms with E-state index in [1.165, 1.54) is 19.3 Å². The Balaban J connectivity index is 1.92. The molecule has 1 saturated heterocycles. The summed E-state index contributed by atoms with van der Waals surface area (Å²) in [4.78, 5) is 0. The van der Waals surface area contributed by atoms with Crippen molar-refractivity contribution in [3.63, 3.8) is 0 Å². The lowest BCUT2D eigenvalue weighted by Gasteiger charge is -2.23. The summed E-state index contributed by atoms with van der Waals surface area (Å²) < 4.78 is 5.63. The SMILES string of the molecule is CCCC[C@@]12O[C@@H]1CCC[C@@H]2O. The quantitative estimate of drug-likeness (QED) is 0.656. The molecule has 1 aliphatic carbocycles. The van der Waals surface area contributed by atoms with Crippen molar-refractivity contribution >= 4 is 0 Å². The molecule has 0 bridgehead atoms. The Labute approximate surface area is 73.9 Å². The number of aliphatic hydroxyl groups excluding tert-OH is 1. The van der Waals surface area contributed by atoms with Gasteiger partial charge in [-0.15, -0.1) is 0 Å². The Morgan fingerprint density at radius 2 is 2.33 bits per heavy atom. The monoisotopic (exact) mass is 170 g/mol. The molecular formula is C10H18O2. The van der Waals surface area contributed by atoms with Crippen LogP contribution in [0.5, 0.6) is 0 Å². The molecule has 1 N–H and O–H groups in total. The minimum absolute atomic E-state index is 0.0890. The van der Waals surface area contributed by atoms with Crippen LogP contribution in [0.2, 0.25) is 0 Å². The van der Waals surface area contributed by atoms with Gasteiger partial charge in [0.05, 0.1) is 12.2 Å². The van der Waals surface area contributed by atoms with Crippen LogP contribution in [0.15, 0.2) is 0 Å². The first-order valence-electron chi connectivity index (χ1n) is 5.15. The maximum atomic E-state index is 9.77. The van der Waals surface area contributed by atoms with E-state index < -0.39 is 0 Å². The highest BCUT2D eigenvalue weighted by Crippen LogP contribution is 2.50. The molecule has 0 aromatic carbocycles. The normalized spacial score (nSPS) is 45.5. The Hall–Kier alpha value is -0.0800. The fourth-order valence-corrected chi connectivity index (χ4v) is 2.41. The summed E-state index contributed by atoms with van der Waals surface area (Å²) in [5, 5.41) is 9.77. The Bertz CT molecular complexity index is 169. The molecule has 1 heterocycles. The number of ether oxygens (including phenoxy) is 1. The average molecular weight is 170 g/mol. The van der Waals surface area contributed by atoms with Crippen LogP contribution in [0.3, 0.4) is 0 Å². The summed E-state index contributed by atoms with van der Waals surface area (Å²) >= 11 is 0. The van der Waals surface area contributed by atoms with Gasteiger partial charge < -0.3 is 9.84 Å². The maximum absolute atomic E-state index is 9.77. The lowest BCUT2D eigenvalue weighted by Crippen LogP contribution is -2.35. The van der Waals surface area contributed by atoms with Gasteiger partial charge in [0.2, 0.25) is 0 Å². The molecule has 70 valence electrons. The fraction of sp³-hybridized carbons (Fsp3) is 1.00. The molecule has 2 nitrogen and oxygen atoms in total. The van der Waals surface area contributed by atoms with Crippen LogP contribution in [0.1, 0.15) is 45.4 Å². The number of unbranched alkanes of at least 4 members (excludes halogenated alkanes) is 1. The summed E-state index contributed by atoms with van der Waals surface area (Å²) in [6, 6.07) is 0. The average Bonchev–Trinajstić information content (AvgIpc) is 2.78.